The van der Waals surface area contributed by atoms with Crippen LogP contribution in [-0.2, 0) is 4.79 Å². The van der Waals surface area contributed by atoms with E-state index < -0.39 is 0 Å². The number of nitrogens with zero attached hydrogens (tertiary/aromatic N) is 1. The Balaban J connectivity index is 1.90. The molecule has 0 aromatic rings. The smallest absolute Gasteiger partial charge is 0.226 e. The van der Waals surface area contributed by atoms with E-state index in [9.17, 15) is 4.79 Å². The molecule has 0 spiro atoms. The highest BCUT2D eigenvalue weighted by molar-refractivity contribution is 5.80. The Morgan fingerprint density at radius 2 is 1.89 bits per heavy atom. The van der Waals surface area contributed by atoms with Gasteiger partial charge in [-0.15, -0.1) is 0 Å². The Kier molecular flexibility index (Phi) is 4.69. The van der Waals surface area contributed by atoms with Crippen molar-refractivity contribution in [2.75, 3.05) is 13.1 Å². The van der Waals surface area contributed by atoms with E-state index >= 15 is 0 Å². The van der Waals surface area contributed by atoms with Gasteiger partial charge in [0.25, 0.3) is 0 Å². The second-order valence-electron chi connectivity index (χ2n) is 6.57. The van der Waals surface area contributed by atoms with Gasteiger partial charge in [0.05, 0.1) is 0 Å². The van der Waals surface area contributed by atoms with Crippen molar-refractivity contribution >= 4 is 5.91 Å². The van der Waals surface area contributed by atoms with Gasteiger partial charge in [-0.1, -0.05) is 40.0 Å². The first-order valence-electron chi connectivity index (χ1n) is 7.94. The molecule has 0 N–H and O–H groups in total. The maximum Gasteiger partial charge on any atom is 0.226 e. The molecule has 0 aromatic carbocycles. The average Bonchev–Trinajstić information content (AvgIpc) is 2.73. The first-order valence-corrected chi connectivity index (χ1v) is 7.94. The molecule has 2 fully saturated rings. The van der Waals surface area contributed by atoms with E-state index in [-0.39, 0.29) is 0 Å². The second kappa shape index (κ2) is 6.08. The molecular weight excluding hydrogens is 222 g/mol. The molecule has 4 unspecified atom stereocenters. The molecule has 0 radical (unpaired) electrons. The maximum atomic E-state index is 12.6. The van der Waals surface area contributed by atoms with E-state index in [1.807, 2.05) is 0 Å². The SMILES string of the molecule is CCCCCCN1CC(C)C2CCC(C)C2C1=O. The normalized spacial score (nSPS) is 35.9. The van der Waals surface area contributed by atoms with Crippen LogP contribution in [0.15, 0.2) is 0 Å². The number of carbonyl (C=O) groups is 1. The van der Waals surface area contributed by atoms with Crippen molar-refractivity contribution in [3.8, 4) is 0 Å². The third-order valence-corrected chi connectivity index (χ3v) is 5.15. The Bertz CT molecular complexity index is 289. The fourth-order valence-electron chi connectivity index (χ4n) is 4.02. The molecule has 2 aliphatic rings. The number of piperidine rings is 1. The molecule has 1 aliphatic heterocycles. The third kappa shape index (κ3) is 2.73. The van der Waals surface area contributed by atoms with Crippen molar-refractivity contribution in [2.45, 2.75) is 59.3 Å². The minimum absolute atomic E-state index is 0.347. The number of amides is 1. The summed E-state index contributed by atoms with van der Waals surface area (Å²) in [6.07, 6.45) is 7.58. The van der Waals surface area contributed by atoms with Crippen molar-refractivity contribution in [1.29, 1.82) is 0 Å². The van der Waals surface area contributed by atoms with Crippen molar-refractivity contribution in [3.05, 3.63) is 0 Å². The summed E-state index contributed by atoms with van der Waals surface area (Å²) in [4.78, 5) is 14.7. The molecule has 1 saturated heterocycles. The highest BCUT2D eigenvalue weighted by Crippen LogP contribution is 2.45. The van der Waals surface area contributed by atoms with E-state index in [1.54, 1.807) is 0 Å². The van der Waals surface area contributed by atoms with Crippen molar-refractivity contribution < 1.29 is 4.79 Å². The van der Waals surface area contributed by atoms with Crippen LogP contribution in [0, 0.1) is 23.7 Å². The summed E-state index contributed by atoms with van der Waals surface area (Å²) in [7, 11) is 0. The number of likely N-dealkylation sites (tertiary alicyclic amines) is 1. The molecule has 104 valence electrons. The molecule has 2 rings (SSSR count). The average molecular weight is 251 g/mol. The zero-order chi connectivity index (χ0) is 13.1. The van der Waals surface area contributed by atoms with Crippen molar-refractivity contribution in [1.82, 2.24) is 4.90 Å². The van der Waals surface area contributed by atoms with Crippen LogP contribution in [0.1, 0.15) is 59.3 Å². The molecule has 18 heavy (non-hydrogen) atoms. The van der Waals surface area contributed by atoms with Crippen LogP contribution >= 0.6 is 0 Å². The summed E-state index contributed by atoms with van der Waals surface area (Å²) < 4.78 is 0. The summed E-state index contributed by atoms with van der Waals surface area (Å²) in [6, 6.07) is 0. The summed E-state index contributed by atoms with van der Waals surface area (Å²) >= 11 is 0. The number of fused-ring (bicyclic) bond motifs is 1. The number of hydrogen-bond donors (Lipinski definition) is 0. The van der Waals surface area contributed by atoms with Crippen LogP contribution in [0.5, 0.6) is 0 Å². The van der Waals surface area contributed by atoms with Crippen LogP contribution in [0.25, 0.3) is 0 Å². The van der Waals surface area contributed by atoms with Gasteiger partial charge in [0.15, 0.2) is 0 Å². The standard InChI is InChI=1S/C16H29NO/c1-4-5-6-7-10-17-11-13(3)14-9-8-12(2)15(14)16(17)18/h12-15H,4-11H2,1-3H3. The van der Waals surface area contributed by atoms with E-state index in [4.69, 9.17) is 0 Å². The minimum atomic E-state index is 0.347. The molecular formula is C16H29NO. The molecule has 1 saturated carbocycles. The minimum Gasteiger partial charge on any atom is -0.342 e. The Morgan fingerprint density at radius 1 is 1.11 bits per heavy atom. The fourth-order valence-corrected chi connectivity index (χ4v) is 4.02. The van der Waals surface area contributed by atoms with Gasteiger partial charge in [-0.3, -0.25) is 4.79 Å². The van der Waals surface area contributed by atoms with Gasteiger partial charge >= 0.3 is 0 Å². The highest BCUT2D eigenvalue weighted by atomic mass is 16.2. The Hall–Kier alpha value is -0.530. The van der Waals surface area contributed by atoms with Gasteiger partial charge in [-0.05, 0) is 37.0 Å². The summed E-state index contributed by atoms with van der Waals surface area (Å²) in [5.74, 6) is 2.83. The maximum absolute atomic E-state index is 12.6. The van der Waals surface area contributed by atoms with Crippen LogP contribution < -0.4 is 0 Å². The van der Waals surface area contributed by atoms with E-state index in [0.717, 1.165) is 13.1 Å². The zero-order valence-electron chi connectivity index (χ0n) is 12.3. The van der Waals surface area contributed by atoms with Gasteiger partial charge in [0.2, 0.25) is 5.91 Å². The molecule has 4 atom stereocenters. The van der Waals surface area contributed by atoms with Crippen LogP contribution in [-0.4, -0.2) is 23.9 Å². The Morgan fingerprint density at radius 3 is 2.61 bits per heavy atom. The summed E-state index contributed by atoms with van der Waals surface area (Å²) in [5.41, 5.74) is 0. The largest absolute Gasteiger partial charge is 0.342 e. The lowest BCUT2D eigenvalue weighted by atomic mass is 9.78. The highest BCUT2D eigenvalue weighted by Gasteiger charge is 2.46. The number of carbonyl (C=O) groups excluding carboxylic acids is 1. The first-order chi connectivity index (χ1) is 8.65. The van der Waals surface area contributed by atoms with Gasteiger partial charge in [-0.2, -0.15) is 0 Å². The number of hydrogen-bond acceptors (Lipinski definition) is 1. The second-order valence-corrected chi connectivity index (χ2v) is 6.57. The molecule has 1 aliphatic carbocycles. The van der Waals surface area contributed by atoms with Gasteiger partial charge in [0, 0.05) is 19.0 Å². The predicted octanol–water partition coefficient (Wildman–Crippen LogP) is 3.71. The van der Waals surface area contributed by atoms with Crippen molar-refractivity contribution in [2.24, 2.45) is 23.7 Å². The van der Waals surface area contributed by atoms with Gasteiger partial charge in [0.1, 0.15) is 0 Å². The van der Waals surface area contributed by atoms with Crippen LogP contribution in [0.4, 0.5) is 0 Å². The van der Waals surface area contributed by atoms with E-state index in [0.29, 0.717) is 29.6 Å². The molecule has 0 aromatic heterocycles. The molecule has 1 amide bonds. The molecule has 2 heteroatoms. The third-order valence-electron chi connectivity index (χ3n) is 5.15. The zero-order valence-corrected chi connectivity index (χ0v) is 12.3. The summed E-state index contributed by atoms with van der Waals surface area (Å²) in [6.45, 7) is 8.87. The predicted molar refractivity (Wildman–Crippen MR) is 75.3 cm³/mol. The van der Waals surface area contributed by atoms with Crippen LogP contribution in [0.3, 0.4) is 0 Å². The number of unbranched alkanes of at least 4 members (excludes halogenated alkanes) is 3. The molecule has 2 nitrogen and oxygen atoms in total. The van der Waals surface area contributed by atoms with Crippen molar-refractivity contribution in [3.63, 3.8) is 0 Å². The van der Waals surface area contributed by atoms with E-state index in [1.165, 1.54) is 38.5 Å². The van der Waals surface area contributed by atoms with Crippen LogP contribution in [0.2, 0.25) is 0 Å². The monoisotopic (exact) mass is 251 g/mol. The first kappa shape index (κ1) is 13.9. The Labute approximate surface area is 112 Å². The number of rotatable bonds is 5. The topological polar surface area (TPSA) is 20.3 Å². The lowest BCUT2D eigenvalue weighted by Crippen LogP contribution is -2.49. The molecule has 0 bridgehead atoms. The van der Waals surface area contributed by atoms with Gasteiger partial charge in [-0.25, -0.2) is 0 Å². The lowest BCUT2D eigenvalue weighted by molar-refractivity contribution is -0.144. The van der Waals surface area contributed by atoms with E-state index in [2.05, 4.69) is 25.7 Å². The lowest BCUT2D eigenvalue weighted by Gasteiger charge is -2.40. The van der Waals surface area contributed by atoms with Gasteiger partial charge < -0.3 is 4.90 Å². The summed E-state index contributed by atoms with van der Waals surface area (Å²) in [5, 5.41) is 0. The molecule has 1 heterocycles. The fraction of sp³-hybridized carbons (Fsp3) is 0.938. The quantitative estimate of drug-likeness (QED) is 0.682.